The number of nitrogens with one attached hydrogen (secondary N) is 1. The summed E-state index contributed by atoms with van der Waals surface area (Å²) in [5, 5.41) is 30.7. The second-order valence-corrected chi connectivity index (χ2v) is 3.71. The van der Waals surface area contributed by atoms with Crippen LogP contribution in [0.15, 0.2) is 0 Å². The summed E-state index contributed by atoms with van der Waals surface area (Å²) in [6, 6.07) is -0.496. The van der Waals surface area contributed by atoms with Crippen LogP contribution in [0.4, 0.5) is 0 Å². The molecule has 1 rings (SSSR count). The van der Waals surface area contributed by atoms with E-state index in [1.165, 1.54) is 0 Å². The summed E-state index contributed by atoms with van der Waals surface area (Å²) < 4.78 is 0. The first-order valence-corrected chi connectivity index (χ1v) is 4.31. The highest BCUT2D eigenvalue weighted by Gasteiger charge is 2.41. The average Bonchev–Trinajstić information content (AvgIpc) is 2.30. The fourth-order valence-corrected chi connectivity index (χ4v) is 1.64. The van der Waals surface area contributed by atoms with E-state index >= 15 is 0 Å². The topological polar surface area (TPSA) is 72.7 Å². The summed E-state index contributed by atoms with van der Waals surface area (Å²) in [6.07, 6.45) is -1.61. The summed E-state index contributed by atoms with van der Waals surface area (Å²) in [4.78, 5) is 0. The highest BCUT2D eigenvalue weighted by molar-refractivity contribution is 4.98. The smallest absolute Gasteiger partial charge is 0.0989 e. The lowest BCUT2D eigenvalue weighted by molar-refractivity contribution is 0.0147. The molecule has 0 unspecified atom stereocenters. The molecular weight excluding hydrogens is 158 g/mol. The van der Waals surface area contributed by atoms with E-state index in [1.807, 2.05) is 13.8 Å². The SMILES string of the molecule is CC(C)[C@H]1N[C@@H](CO)[C@@H](O)[C@@H]1O. The zero-order valence-corrected chi connectivity index (χ0v) is 7.44. The van der Waals surface area contributed by atoms with Gasteiger partial charge in [-0.05, 0) is 5.92 Å². The second kappa shape index (κ2) is 3.70. The Bertz CT molecular complexity index is 151. The van der Waals surface area contributed by atoms with Crippen molar-refractivity contribution in [1.82, 2.24) is 5.32 Å². The molecule has 0 bridgehead atoms. The van der Waals surface area contributed by atoms with E-state index in [-0.39, 0.29) is 24.6 Å². The van der Waals surface area contributed by atoms with E-state index in [2.05, 4.69) is 5.32 Å². The lowest BCUT2D eigenvalue weighted by atomic mass is 9.99. The molecule has 1 saturated heterocycles. The molecule has 0 aromatic carbocycles. The van der Waals surface area contributed by atoms with Gasteiger partial charge in [-0.15, -0.1) is 0 Å². The van der Waals surface area contributed by atoms with Gasteiger partial charge in [-0.25, -0.2) is 0 Å². The van der Waals surface area contributed by atoms with Crippen molar-refractivity contribution in [3.8, 4) is 0 Å². The van der Waals surface area contributed by atoms with Crippen LogP contribution < -0.4 is 5.32 Å². The van der Waals surface area contributed by atoms with Crippen LogP contribution in [0.3, 0.4) is 0 Å². The van der Waals surface area contributed by atoms with E-state index in [0.717, 1.165) is 0 Å². The molecule has 0 aliphatic carbocycles. The van der Waals surface area contributed by atoms with Crippen LogP contribution in [-0.4, -0.2) is 46.2 Å². The third kappa shape index (κ3) is 1.61. The van der Waals surface area contributed by atoms with Crippen LogP contribution in [0, 0.1) is 5.92 Å². The third-order valence-corrected chi connectivity index (χ3v) is 2.45. The molecular formula is C8H17NO3. The Morgan fingerprint density at radius 3 is 2.08 bits per heavy atom. The first-order valence-electron chi connectivity index (χ1n) is 4.31. The van der Waals surface area contributed by atoms with Crippen molar-refractivity contribution in [1.29, 1.82) is 0 Å². The minimum absolute atomic E-state index is 0.114. The molecule has 0 aromatic rings. The predicted molar refractivity (Wildman–Crippen MR) is 44.6 cm³/mol. The number of rotatable bonds is 2. The normalized spacial score (nSPS) is 42.5. The zero-order valence-electron chi connectivity index (χ0n) is 7.44. The molecule has 1 aliphatic rings. The molecule has 4 heteroatoms. The maximum absolute atomic E-state index is 9.51. The third-order valence-electron chi connectivity index (χ3n) is 2.45. The van der Waals surface area contributed by atoms with Crippen molar-refractivity contribution in [3.05, 3.63) is 0 Å². The molecule has 1 fully saturated rings. The fraction of sp³-hybridized carbons (Fsp3) is 1.00. The van der Waals surface area contributed by atoms with Crippen molar-refractivity contribution in [2.24, 2.45) is 5.92 Å². The summed E-state index contributed by atoms with van der Waals surface area (Å²) in [7, 11) is 0. The van der Waals surface area contributed by atoms with Gasteiger partial charge < -0.3 is 20.6 Å². The van der Waals surface area contributed by atoms with Crippen LogP contribution in [0.2, 0.25) is 0 Å². The van der Waals surface area contributed by atoms with Crippen molar-refractivity contribution in [2.75, 3.05) is 6.61 Å². The Morgan fingerprint density at radius 1 is 1.25 bits per heavy atom. The zero-order chi connectivity index (χ0) is 9.30. The van der Waals surface area contributed by atoms with Crippen LogP contribution in [0.5, 0.6) is 0 Å². The largest absolute Gasteiger partial charge is 0.395 e. The van der Waals surface area contributed by atoms with Gasteiger partial charge in [0.25, 0.3) is 0 Å². The van der Waals surface area contributed by atoms with Gasteiger partial charge in [-0.2, -0.15) is 0 Å². The first-order chi connectivity index (χ1) is 5.57. The molecule has 0 spiro atoms. The molecule has 12 heavy (non-hydrogen) atoms. The van der Waals surface area contributed by atoms with Gasteiger partial charge in [0.1, 0.15) is 0 Å². The molecule has 4 atom stereocenters. The summed E-state index contributed by atoms with van der Waals surface area (Å²) >= 11 is 0. The lowest BCUT2D eigenvalue weighted by Gasteiger charge is -2.19. The van der Waals surface area contributed by atoms with Crippen LogP contribution >= 0.6 is 0 Å². The van der Waals surface area contributed by atoms with Gasteiger partial charge in [0.05, 0.1) is 24.9 Å². The van der Waals surface area contributed by atoms with Crippen molar-refractivity contribution >= 4 is 0 Å². The van der Waals surface area contributed by atoms with E-state index in [4.69, 9.17) is 5.11 Å². The molecule has 0 saturated carbocycles. The van der Waals surface area contributed by atoms with Crippen LogP contribution in [0.25, 0.3) is 0 Å². The van der Waals surface area contributed by atoms with E-state index in [0.29, 0.717) is 0 Å². The second-order valence-electron chi connectivity index (χ2n) is 3.71. The molecule has 0 aromatic heterocycles. The molecule has 4 N–H and O–H groups in total. The minimum atomic E-state index is -0.845. The van der Waals surface area contributed by atoms with E-state index in [1.54, 1.807) is 0 Å². The summed E-state index contributed by atoms with van der Waals surface area (Å²) in [5.41, 5.74) is 0. The van der Waals surface area contributed by atoms with Gasteiger partial charge in [0.2, 0.25) is 0 Å². The molecule has 72 valence electrons. The maximum atomic E-state index is 9.51. The molecule has 0 radical (unpaired) electrons. The van der Waals surface area contributed by atoms with Gasteiger partial charge in [0.15, 0.2) is 0 Å². The van der Waals surface area contributed by atoms with Crippen LogP contribution in [-0.2, 0) is 0 Å². The van der Waals surface area contributed by atoms with Gasteiger partial charge in [-0.1, -0.05) is 13.8 Å². The lowest BCUT2D eigenvalue weighted by Crippen LogP contribution is -2.38. The first kappa shape index (κ1) is 9.92. The average molecular weight is 175 g/mol. The van der Waals surface area contributed by atoms with E-state index in [9.17, 15) is 10.2 Å². The monoisotopic (exact) mass is 175 g/mol. The standard InChI is InChI=1S/C8H17NO3/c1-4(2)6-8(12)7(11)5(3-10)9-6/h4-12H,3H2,1-2H3/t5-,6+,7+,8+/m0/s1. The number of aliphatic hydroxyl groups excluding tert-OH is 3. The molecule has 4 nitrogen and oxygen atoms in total. The minimum Gasteiger partial charge on any atom is -0.395 e. The number of hydrogen-bond acceptors (Lipinski definition) is 4. The summed E-state index contributed by atoms with van der Waals surface area (Å²) in [6.45, 7) is 3.79. The van der Waals surface area contributed by atoms with Gasteiger partial charge in [0, 0.05) is 6.04 Å². The van der Waals surface area contributed by atoms with Crippen molar-refractivity contribution in [3.63, 3.8) is 0 Å². The van der Waals surface area contributed by atoms with E-state index < -0.39 is 12.2 Å². The Balaban J connectivity index is 2.60. The van der Waals surface area contributed by atoms with Gasteiger partial charge >= 0.3 is 0 Å². The predicted octanol–water partition coefficient (Wildman–Crippen LogP) is -1.30. The summed E-state index contributed by atoms with van der Waals surface area (Å²) in [5.74, 6) is 0.256. The Labute approximate surface area is 72.2 Å². The number of hydrogen-bond donors (Lipinski definition) is 4. The van der Waals surface area contributed by atoms with Crippen molar-refractivity contribution in [2.45, 2.75) is 38.1 Å². The van der Waals surface area contributed by atoms with Crippen molar-refractivity contribution < 1.29 is 15.3 Å². The fourth-order valence-electron chi connectivity index (χ4n) is 1.64. The number of aliphatic hydroxyl groups is 3. The van der Waals surface area contributed by atoms with Crippen LogP contribution in [0.1, 0.15) is 13.8 Å². The Hall–Kier alpha value is -0.160. The van der Waals surface area contributed by atoms with Gasteiger partial charge in [-0.3, -0.25) is 0 Å². The Kier molecular flexibility index (Phi) is 3.06. The Morgan fingerprint density at radius 2 is 1.83 bits per heavy atom. The quantitative estimate of drug-likeness (QED) is 0.421. The molecule has 0 amide bonds. The molecule has 1 heterocycles. The molecule has 1 aliphatic heterocycles. The highest BCUT2D eigenvalue weighted by atomic mass is 16.3. The maximum Gasteiger partial charge on any atom is 0.0989 e. The highest BCUT2D eigenvalue weighted by Crippen LogP contribution is 2.19.